The van der Waals surface area contributed by atoms with E-state index in [1.807, 2.05) is 109 Å². The highest BCUT2D eigenvalue weighted by Gasteiger charge is 2.16. The Bertz CT molecular complexity index is 2040. The number of fused-ring (bicyclic) bond motifs is 2. The first-order valence-corrected chi connectivity index (χ1v) is 13.7. The molecule has 7 aromatic rings. The van der Waals surface area contributed by atoms with Crippen molar-refractivity contribution in [1.82, 2.24) is 20.2 Å². The molecule has 7 rings (SSSR count). The predicted molar refractivity (Wildman–Crippen MR) is 166 cm³/mol. The first-order chi connectivity index (χ1) is 21.2. The number of pyridine rings is 1. The van der Waals surface area contributed by atoms with Gasteiger partial charge in [-0.25, -0.2) is 10.1 Å². The average molecular weight is 564 g/mol. The number of ether oxygens (including phenoxy) is 1. The summed E-state index contributed by atoms with van der Waals surface area (Å²) in [6.45, 7) is 0.353. The molecule has 0 unspecified atom stereocenters. The van der Waals surface area contributed by atoms with Crippen LogP contribution in [-0.4, -0.2) is 26.9 Å². The van der Waals surface area contributed by atoms with Crippen LogP contribution in [0, 0.1) is 0 Å². The predicted octanol–water partition coefficient (Wildman–Crippen LogP) is 7.18. The van der Waals surface area contributed by atoms with Crippen molar-refractivity contribution in [3.8, 4) is 22.9 Å². The Balaban J connectivity index is 1.06. The molecule has 0 fully saturated rings. The SMILES string of the molecule is O=C(N/N=C\c1cn(-c2ccccc2)nc1-c1cc2ccccc2o1)c1ccc(COc2cccc3cccnc23)cc1. The normalized spacial score (nSPS) is 11.3. The van der Waals surface area contributed by atoms with Crippen molar-refractivity contribution in [2.45, 2.75) is 6.61 Å². The number of carbonyl (C=O) groups excluding carboxylic acids is 1. The van der Waals surface area contributed by atoms with E-state index in [0.29, 0.717) is 34.9 Å². The number of furan rings is 1. The molecule has 0 aliphatic carbocycles. The molecular weight excluding hydrogens is 538 g/mol. The number of amides is 1. The lowest BCUT2D eigenvalue weighted by atomic mass is 10.1. The molecule has 43 heavy (non-hydrogen) atoms. The van der Waals surface area contributed by atoms with Gasteiger partial charge in [0.05, 0.1) is 11.9 Å². The van der Waals surface area contributed by atoms with Crippen LogP contribution in [0.1, 0.15) is 21.5 Å². The molecule has 0 aliphatic rings. The molecule has 3 aromatic heterocycles. The number of aromatic nitrogens is 3. The van der Waals surface area contributed by atoms with Crippen LogP contribution in [0.3, 0.4) is 0 Å². The second-order valence-corrected chi connectivity index (χ2v) is 9.88. The molecule has 0 saturated carbocycles. The maximum atomic E-state index is 12.9. The molecule has 0 radical (unpaired) electrons. The van der Waals surface area contributed by atoms with Gasteiger partial charge in [0.1, 0.15) is 29.2 Å². The van der Waals surface area contributed by atoms with Gasteiger partial charge < -0.3 is 9.15 Å². The molecule has 1 amide bonds. The third kappa shape index (κ3) is 5.49. The van der Waals surface area contributed by atoms with Gasteiger partial charge in [-0.05, 0) is 54.1 Å². The van der Waals surface area contributed by atoms with E-state index in [-0.39, 0.29) is 5.91 Å². The lowest BCUT2D eigenvalue weighted by molar-refractivity contribution is 0.0955. The number of hydrazone groups is 1. The molecule has 8 heteroatoms. The van der Waals surface area contributed by atoms with E-state index >= 15 is 0 Å². The van der Waals surface area contributed by atoms with Crippen molar-refractivity contribution in [3.05, 3.63) is 144 Å². The summed E-state index contributed by atoms with van der Waals surface area (Å²) in [6, 6.07) is 36.5. The first kappa shape index (κ1) is 25.9. The van der Waals surface area contributed by atoms with Gasteiger partial charge in [0.2, 0.25) is 0 Å². The molecule has 4 aromatic carbocycles. The van der Waals surface area contributed by atoms with Crippen LogP contribution in [-0.2, 0) is 6.61 Å². The topological polar surface area (TPSA) is 94.5 Å². The fraction of sp³-hybridized carbons (Fsp3) is 0.0286. The van der Waals surface area contributed by atoms with Crippen LogP contribution in [0.2, 0.25) is 0 Å². The van der Waals surface area contributed by atoms with Gasteiger partial charge in [-0.3, -0.25) is 9.78 Å². The maximum absolute atomic E-state index is 12.9. The summed E-state index contributed by atoms with van der Waals surface area (Å²) in [4.78, 5) is 17.3. The summed E-state index contributed by atoms with van der Waals surface area (Å²) in [5, 5.41) is 11.0. The van der Waals surface area contributed by atoms with Crippen molar-refractivity contribution in [3.63, 3.8) is 0 Å². The minimum Gasteiger partial charge on any atom is -0.487 e. The van der Waals surface area contributed by atoms with Crippen molar-refractivity contribution in [1.29, 1.82) is 0 Å². The Morgan fingerprint density at radius 1 is 0.884 bits per heavy atom. The molecule has 8 nitrogen and oxygen atoms in total. The quantitative estimate of drug-likeness (QED) is 0.156. The second kappa shape index (κ2) is 11.5. The monoisotopic (exact) mass is 563 g/mol. The number of rotatable bonds is 8. The minimum absolute atomic E-state index is 0.331. The van der Waals surface area contributed by atoms with E-state index in [0.717, 1.165) is 33.1 Å². The fourth-order valence-corrected chi connectivity index (χ4v) is 4.82. The number of nitrogens with zero attached hydrogens (tertiary/aromatic N) is 4. The van der Waals surface area contributed by atoms with Crippen LogP contribution in [0.15, 0.2) is 137 Å². The van der Waals surface area contributed by atoms with Crippen LogP contribution < -0.4 is 10.2 Å². The number of carbonyl (C=O) groups is 1. The Kier molecular flexibility index (Phi) is 6.91. The average Bonchev–Trinajstić information content (AvgIpc) is 3.69. The van der Waals surface area contributed by atoms with Crippen molar-refractivity contribution in [2.75, 3.05) is 0 Å². The lowest BCUT2D eigenvalue weighted by Gasteiger charge is -2.09. The Morgan fingerprint density at radius 2 is 1.67 bits per heavy atom. The van der Waals surface area contributed by atoms with Gasteiger partial charge in [0.15, 0.2) is 5.76 Å². The smallest absolute Gasteiger partial charge is 0.271 e. The fourth-order valence-electron chi connectivity index (χ4n) is 4.82. The number of benzene rings is 4. The number of hydrogen-bond donors (Lipinski definition) is 1. The van der Waals surface area contributed by atoms with Crippen LogP contribution >= 0.6 is 0 Å². The molecule has 0 saturated heterocycles. The molecular formula is C35H25N5O3. The van der Waals surface area contributed by atoms with Crippen LogP contribution in [0.4, 0.5) is 0 Å². The van der Waals surface area contributed by atoms with Gasteiger partial charge in [-0.15, -0.1) is 0 Å². The van der Waals surface area contributed by atoms with E-state index in [1.54, 1.807) is 29.2 Å². The van der Waals surface area contributed by atoms with Crippen molar-refractivity contribution in [2.24, 2.45) is 5.10 Å². The zero-order chi connectivity index (χ0) is 29.0. The molecule has 0 atom stereocenters. The van der Waals surface area contributed by atoms with Crippen LogP contribution in [0.5, 0.6) is 5.75 Å². The third-order valence-electron chi connectivity index (χ3n) is 7.00. The van der Waals surface area contributed by atoms with Gasteiger partial charge in [0, 0.05) is 34.3 Å². The molecule has 1 N–H and O–H groups in total. The Hall–Kier alpha value is -6.02. The van der Waals surface area contributed by atoms with E-state index in [9.17, 15) is 4.79 Å². The number of nitrogens with one attached hydrogen (secondary N) is 1. The first-order valence-electron chi connectivity index (χ1n) is 13.7. The van der Waals surface area contributed by atoms with Gasteiger partial charge >= 0.3 is 0 Å². The summed E-state index contributed by atoms with van der Waals surface area (Å²) >= 11 is 0. The van der Waals surface area contributed by atoms with Crippen LogP contribution in [0.25, 0.3) is 39.0 Å². The Morgan fingerprint density at radius 3 is 2.53 bits per heavy atom. The second-order valence-electron chi connectivity index (χ2n) is 9.88. The van der Waals surface area contributed by atoms with E-state index in [1.165, 1.54) is 0 Å². The summed E-state index contributed by atoms with van der Waals surface area (Å²) in [6.07, 6.45) is 5.18. The molecule has 0 bridgehead atoms. The summed E-state index contributed by atoms with van der Waals surface area (Å²) in [7, 11) is 0. The summed E-state index contributed by atoms with van der Waals surface area (Å²) < 4.78 is 13.9. The van der Waals surface area contributed by atoms with Gasteiger partial charge in [0.25, 0.3) is 5.91 Å². The van der Waals surface area contributed by atoms with Crippen molar-refractivity contribution >= 4 is 34.0 Å². The van der Waals surface area contributed by atoms with Gasteiger partial charge in [-0.1, -0.05) is 66.7 Å². The molecule has 0 aliphatic heterocycles. The zero-order valence-corrected chi connectivity index (χ0v) is 22.9. The lowest BCUT2D eigenvalue weighted by Crippen LogP contribution is -2.17. The van der Waals surface area contributed by atoms with E-state index < -0.39 is 0 Å². The van der Waals surface area contributed by atoms with E-state index in [4.69, 9.17) is 14.3 Å². The van der Waals surface area contributed by atoms with E-state index in [2.05, 4.69) is 15.5 Å². The standard InChI is InChI=1S/C35H25N5O3/c41-35(26-17-15-24(16-18-26)23-42-31-14-6-9-25-10-7-19-36-33(25)31)38-37-21-28-22-40(29-11-2-1-3-12-29)39-34(28)32-20-27-8-4-5-13-30(27)43-32/h1-22H,23H2,(H,38,41)/b37-21-. The largest absolute Gasteiger partial charge is 0.487 e. The highest BCUT2D eigenvalue weighted by Crippen LogP contribution is 2.29. The molecule has 0 spiro atoms. The number of hydrogen-bond acceptors (Lipinski definition) is 6. The molecule has 3 heterocycles. The number of para-hydroxylation sites is 3. The third-order valence-corrected chi connectivity index (χ3v) is 7.00. The summed E-state index contributed by atoms with van der Waals surface area (Å²) in [5.74, 6) is 0.996. The minimum atomic E-state index is -0.331. The highest BCUT2D eigenvalue weighted by molar-refractivity contribution is 5.96. The maximum Gasteiger partial charge on any atom is 0.271 e. The van der Waals surface area contributed by atoms with Gasteiger partial charge in [-0.2, -0.15) is 10.2 Å². The highest BCUT2D eigenvalue weighted by atomic mass is 16.5. The van der Waals surface area contributed by atoms with Crippen molar-refractivity contribution < 1.29 is 13.9 Å². The zero-order valence-electron chi connectivity index (χ0n) is 22.9. The Labute approximate surface area is 246 Å². The summed E-state index contributed by atoms with van der Waals surface area (Å²) in [5.41, 5.74) is 7.81. The molecule has 208 valence electrons.